The van der Waals surface area contributed by atoms with Crippen LogP contribution in [0.3, 0.4) is 0 Å². The first kappa shape index (κ1) is 31.9. The van der Waals surface area contributed by atoms with Gasteiger partial charge in [-0.25, -0.2) is 14.6 Å². The minimum atomic E-state index is -0.994. The van der Waals surface area contributed by atoms with E-state index < -0.39 is 18.0 Å². The van der Waals surface area contributed by atoms with Gasteiger partial charge in [0.25, 0.3) is 5.56 Å². The van der Waals surface area contributed by atoms with Gasteiger partial charge < -0.3 is 19.3 Å². The summed E-state index contributed by atoms with van der Waals surface area (Å²) in [4.78, 5) is 44.2. The van der Waals surface area contributed by atoms with Gasteiger partial charge in [-0.3, -0.25) is 9.36 Å². The van der Waals surface area contributed by atoms with Gasteiger partial charge >= 0.3 is 11.9 Å². The van der Waals surface area contributed by atoms with Crippen molar-refractivity contribution in [2.24, 2.45) is 4.99 Å². The van der Waals surface area contributed by atoms with E-state index >= 15 is 0 Å². The van der Waals surface area contributed by atoms with E-state index in [1.807, 2.05) is 43.3 Å². The van der Waals surface area contributed by atoms with Crippen LogP contribution in [-0.2, 0) is 16.1 Å². The van der Waals surface area contributed by atoms with E-state index in [0.29, 0.717) is 49.7 Å². The number of rotatable bonds is 11. The maximum Gasteiger partial charge on any atom is 0.338 e. The molecule has 0 spiro atoms. The van der Waals surface area contributed by atoms with Crippen molar-refractivity contribution < 1.29 is 28.9 Å². The largest absolute Gasteiger partial charge is 0.496 e. The van der Waals surface area contributed by atoms with Crippen molar-refractivity contribution in [2.75, 3.05) is 13.7 Å². The lowest BCUT2D eigenvalue weighted by molar-refractivity contribution is -0.139. The molecular formula is C34H31BrN2O7S. The molecule has 0 bridgehead atoms. The van der Waals surface area contributed by atoms with E-state index in [-0.39, 0.29) is 24.3 Å². The molecule has 0 saturated carbocycles. The van der Waals surface area contributed by atoms with Crippen molar-refractivity contribution in [2.45, 2.75) is 39.3 Å². The Morgan fingerprint density at radius 2 is 1.82 bits per heavy atom. The smallest absolute Gasteiger partial charge is 0.338 e. The second-order valence-corrected chi connectivity index (χ2v) is 12.1. The standard InChI is InChI=1S/C34H31BrN2O7S/c1-4-8-25-29(33(41)43-5-2)30(24-18-23(35)15-16-27(24)42-3)37-31(38)28(45-34(37)36-25)17-22-9-6-7-10-26(22)44-19-20-11-13-21(14-12-20)32(39)40/h6-7,9-18,30H,4-5,8,19H2,1-3H3,(H,39,40)/b28-17+/t30-/m1/s1. The van der Waals surface area contributed by atoms with Crippen molar-refractivity contribution in [1.82, 2.24) is 4.57 Å². The molecule has 45 heavy (non-hydrogen) atoms. The molecule has 0 amide bonds. The van der Waals surface area contributed by atoms with Crippen molar-refractivity contribution in [1.29, 1.82) is 0 Å². The molecule has 9 nitrogen and oxygen atoms in total. The molecule has 0 aliphatic carbocycles. The highest BCUT2D eigenvalue weighted by molar-refractivity contribution is 9.10. The zero-order valence-corrected chi connectivity index (χ0v) is 27.3. The van der Waals surface area contributed by atoms with Crippen molar-refractivity contribution in [3.05, 3.63) is 124 Å². The van der Waals surface area contributed by atoms with Crippen LogP contribution >= 0.6 is 27.3 Å². The molecule has 1 aliphatic rings. The Labute approximate surface area is 271 Å². The molecule has 0 fully saturated rings. The lowest BCUT2D eigenvalue weighted by Crippen LogP contribution is -2.40. The van der Waals surface area contributed by atoms with Crippen molar-refractivity contribution in [3.8, 4) is 11.5 Å². The van der Waals surface area contributed by atoms with Gasteiger partial charge in [0.2, 0.25) is 0 Å². The normalized spacial score (nSPS) is 14.5. The number of carbonyl (C=O) groups is 2. The molecule has 1 aliphatic heterocycles. The van der Waals surface area contributed by atoms with Crippen LogP contribution in [0, 0.1) is 0 Å². The number of carboxylic acid groups (broad SMARTS) is 1. The molecule has 5 rings (SSSR count). The van der Waals surface area contributed by atoms with Crippen LogP contribution < -0.4 is 24.4 Å². The summed E-state index contributed by atoms with van der Waals surface area (Å²) in [6, 6.07) is 18.5. The molecule has 0 radical (unpaired) electrons. The van der Waals surface area contributed by atoms with E-state index in [4.69, 9.17) is 24.3 Å². The highest BCUT2D eigenvalue weighted by atomic mass is 79.9. The molecule has 0 unspecified atom stereocenters. The molecule has 2 heterocycles. The molecule has 232 valence electrons. The summed E-state index contributed by atoms with van der Waals surface area (Å²) in [5.41, 5.74) is 2.87. The molecule has 1 N–H and O–H groups in total. The zero-order chi connectivity index (χ0) is 32.1. The third-order valence-corrected chi connectivity index (χ3v) is 8.66. The fraction of sp³-hybridized carbons (Fsp3) is 0.235. The average Bonchev–Trinajstić information content (AvgIpc) is 3.34. The van der Waals surface area contributed by atoms with Crippen LogP contribution in [0.1, 0.15) is 59.8 Å². The number of allylic oxidation sites excluding steroid dienone is 1. The van der Waals surface area contributed by atoms with Crippen molar-refractivity contribution >= 4 is 45.3 Å². The summed E-state index contributed by atoms with van der Waals surface area (Å²) < 4.78 is 20.0. The highest BCUT2D eigenvalue weighted by Gasteiger charge is 2.36. The molecule has 3 aromatic carbocycles. The van der Waals surface area contributed by atoms with Crippen molar-refractivity contribution in [3.63, 3.8) is 0 Å². The van der Waals surface area contributed by atoms with Gasteiger partial charge in [0, 0.05) is 15.6 Å². The number of nitrogens with zero attached hydrogens (tertiary/aromatic N) is 2. The summed E-state index contributed by atoms with van der Waals surface area (Å²) in [7, 11) is 1.55. The molecule has 0 saturated heterocycles. The highest BCUT2D eigenvalue weighted by Crippen LogP contribution is 2.38. The maximum absolute atomic E-state index is 14.2. The van der Waals surface area contributed by atoms with Gasteiger partial charge in [-0.15, -0.1) is 0 Å². The zero-order valence-electron chi connectivity index (χ0n) is 24.9. The van der Waals surface area contributed by atoms with Gasteiger partial charge in [-0.1, -0.05) is 70.9 Å². The van der Waals surface area contributed by atoms with Crippen LogP contribution in [0.15, 0.2) is 92.3 Å². The summed E-state index contributed by atoms with van der Waals surface area (Å²) >= 11 is 4.78. The maximum atomic E-state index is 14.2. The van der Waals surface area contributed by atoms with Crippen LogP contribution in [0.5, 0.6) is 11.5 Å². The van der Waals surface area contributed by atoms with Crippen LogP contribution in [-0.4, -0.2) is 35.3 Å². The lowest BCUT2D eigenvalue weighted by Gasteiger charge is -2.27. The third kappa shape index (κ3) is 6.79. The second kappa shape index (κ2) is 14.1. The number of halogens is 1. The summed E-state index contributed by atoms with van der Waals surface area (Å²) in [6.07, 6.45) is 3.02. The first-order valence-corrected chi connectivity index (χ1v) is 16.0. The first-order valence-electron chi connectivity index (χ1n) is 14.3. The lowest BCUT2D eigenvalue weighted by atomic mass is 9.93. The topological polar surface area (TPSA) is 116 Å². The van der Waals surface area contributed by atoms with Gasteiger partial charge in [-0.2, -0.15) is 0 Å². The van der Waals surface area contributed by atoms with Gasteiger partial charge in [-0.05, 0) is 61.4 Å². The van der Waals surface area contributed by atoms with E-state index in [1.165, 1.54) is 23.5 Å². The van der Waals surface area contributed by atoms with Gasteiger partial charge in [0.05, 0.1) is 35.1 Å². The SMILES string of the molecule is CCCC1=C(C(=O)OCC)[C@@H](c2cc(Br)ccc2OC)n2c(s/c(=C/c3ccccc3OCc3ccc(C(=O)O)cc3)c2=O)=N1. The number of benzene rings is 3. The summed E-state index contributed by atoms with van der Waals surface area (Å²) in [5, 5.41) is 9.17. The van der Waals surface area contributed by atoms with E-state index in [9.17, 15) is 14.4 Å². The Bertz CT molecular complexity index is 1960. The van der Waals surface area contributed by atoms with Gasteiger partial charge in [0.1, 0.15) is 24.1 Å². The number of hydrogen-bond donors (Lipinski definition) is 1. The summed E-state index contributed by atoms with van der Waals surface area (Å²) in [5.74, 6) is -0.450. The van der Waals surface area contributed by atoms with Gasteiger partial charge in [0.15, 0.2) is 4.80 Å². The Morgan fingerprint density at radius 1 is 1.07 bits per heavy atom. The number of thiazole rings is 1. The molecule has 1 aromatic heterocycles. The number of carbonyl (C=O) groups excluding carboxylic acids is 1. The summed E-state index contributed by atoms with van der Waals surface area (Å²) in [6.45, 7) is 4.13. The number of ether oxygens (including phenoxy) is 3. The second-order valence-electron chi connectivity index (χ2n) is 10.1. The number of aromatic carboxylic acids is 1. The number of hydrogen-bond acceptors (Lipinski definition) is 8. The average molecular weight is 692 g/mol. The van der Waals surface area contributed by atoms with E-state index in [0.717, 1.165) is 16.5 Å². The molecule has 4 aromatic rings. The fourth-order valence-corrected chi connectivity index (χ4v) is 6.50. The number of methoxy groups -OCH3 is 1. The minimum absolute atomic E-state index is 0.176. The number of fused-ring (bicyclic) bond motifs is 1. The Hall–Kier alpha value is -4.48. The molecular weight excluding hydrogens is 660 g/mol. The Balaban J connectivity index is 1.63. The van der Waals surface area contributed by atoms with E-state index in [2.05, 4.69) is 15.9 Å². The fourth-order valence-electron chi connectivity index (χ4n) is 5.11. The predicted molar refractivity (Wildman–Crippen MR) is 175 cm³/mol. The van der Waals surface area contributed by atoms with Crippen LogP contribution in [0.4, 0.5) is 0 Å². The minimum Gasteiger partial charge on any atom is -0.496 e. The number of para-hydroxylation sites is 1. The quantitative estimate of drug-likeness (QED) is 0.203. The number of aromatic nitrogens is 1. The first-order chi connectivity index (χ1) is 21.7. The number of carboxylic acids is 1. The Morgan fingerprint density at radius 3 is 2.51 bits per heavy atom. The third-order valence-electron chi connectivity index (χ3n) is 7.18. The van der Waals surface area contributed by atoms with Crippen LogP contribution in [0.25, 0.3) is 6.08 Å². The number of esters is 1. The molecule has 11 heteroatoms. The predicted octanol–water partition coefficient (Wildman–Crippen LogP) is 5.63. The molecule has 1 atom stereocenters. The Kier molecular flexibility index (Phi) is 9.99. The monoisotopic (exact) mass is 690 g/mol. The van der Waals surface area contributed by atoms with Crippen LogP contribution in [0.2, 0.25) is 0 Å². The van der Waals surface area contributed by atoms with E-state index in [1.54, 1.807) is 42.9 Å².